The summed E-state index contributed by atoms with van der Waals surface area (Å²) >= 11 is 3.65. The molecule has 88 valence electrons. The summed E-state index contributed by atoms with van der Waals surface area (Å²) in [5.41, 5.74) is 2.58. The Balaban J connectivity index is 2.54. The van der Waals surface area contributed by atoms with Crippen molar-refractivity contribution in [3.63, 3.8) is 0 Å². The minimum absolute atomic E-state index is 0.752. The van der Waals surface area contributed by atoms with Gasteiger partial charge in [-0.15, -0.1) is 3.29 Å². The van der Waals surface area contributed by atoms with Gasteiger partial charge < -0.3 is 0 Å². The molecule has 3 heteroatoms. The van der Waals surface area contributed by atoms with Crippen LogP contribution in [-0.4, -0.2) is 12.5 Å². The Hall–Kier alpha value is -0.900. The number of para-hydroxylation sites is 2. The molecule has 0 aromatic heterocycles. The van der Waals surface area contributed by atoms with Crippen LogP contribution in [0.2, 0.25) is 0 Å². The molecule has 0 saturated carbocycles. The molecule has 0 unspecified atom stereocenters. The van der Waals surface area contributed by atoms with E-state index in [4.69, 9.17) is 0 Å². The first-order chi connectivity index (χ1) is 8.33. The Morgan fingerprint density at radius 2 is 1.00 bits per heavy atom. The number of hydrogen-bond acceptors (Lipinski definition) is 2. The van der Waals surface area contributed by atoms with Gasteiger partial charge in [0.1, 0.15) is 0 Å². The van der Waals surface area contributed by atoms with Crippen LogP contribution in [0.25, 0.3) is 0 Å². The molecular weight excluding hydrogens is 246 g/mol. The molecule has 2 rings (SSSR count). The lowest BCUT2D eigenvalue weighted by atomic mass is 10.3. The van der Waals surface area contributed by atoms with Crippen molar-refractivity contribution in [2.45, 2.75) is 0 Å². The minimum Gasteiger partial charge on any atom is -0.137 e. The fourth-order valence-corrected chi connectivity index (χ4v) is 3.82. The van der Waals surface area contributed by atoms with Crippen LogP contribution >= 0.6 is 23.9 Å². The number of rotatable bonds is 4. The van der Waals surface area contributed by atoms with Gasteiger partial charge in [-0.05, 0) is 0 Å². The smallest absolute Gasteiger partial charge is 0.137 e. The second kappa shape index (κ2) is 5.63. The molecule has 17 heavy (non-hydrogen) atoms. The maximum atomic E-state index is 2.18. The number of hydrogen-bond donors (Lipinski definition) is 0. The summed E-state index contributed by atoms with van der Waals surface area (Å²) in [6.45, 7) is 0. The van der Waals surface area contributed by atoms with Gasteiger partial charge in [0.25, 0.3) is 0 Å². The molecule has 0 aliphatic heterocycles. The minimum atomic E-state index is 0.752. The van der Waals surface area contributed by atoms with Crippen LogP contribution in [0.4, 0.5) is 11.4 Å². The molecule has 0 fully saturated rings. The van der Waals surface area contributed by atoms with Crippen molar-refractivity contribution < 1.29 is 0 Å². The second-order valence-corrected chi connectivity index (χ2v) is 5.64. The molecule has 0 radical (unpaired) electrons. The van der Waals surface area contributed by atoms with E-state index in [-0.39, 0.29) is 0 Å². The quantitative estimate of drug-likeness (QED) is 0.569. The van der Waals surface area contributed by atoms with Gasteiger partial charge >= 0.3 is 0 Å². The molecule has 0 saturated heterocycles. The van der Waals surface area contributed by atoms with E-state index in [2.05, 4.69) is 73.2 Å². The van der Waals surface area contributed by atoms with E-state index in [0.717, 1.165) is 3.29 Å². The predicted octanol–water partition coefficient (Wildman–Crippen LogP) is 4.88. The van der Waals surface area contributed by atoms with E-state index >= 15 is 0 Å². The topological polar surface area (TPSA) is 0 Å². The normalized spacial score (nSPS) is 11.4. The molecule has 0 atom stereocenters. The van der Waals surface area contributed by atoms with Gasteiger partial charge in [-0.3, -0.25) is 0 Å². The summed E-state index contributed by atoms with van der Waals surface area (Å²) in [5.74, 6) is 0. The van der Waals surface area contributed by atoms with Crippen LogP contribution in [0.15, 0.2) is 60.7 Å². The monoisotopic (exact) mass is 262 g/mol. The third-order valence-corrected chi connectivity index (χ3v) is 5.47. The summed E-state index contributed by atoms with van der Waals surface area (Å²) in [4.78, 5) is 0. The van der Waals surface area contributed by atoms with Crippen molar-refractivity contribution in [3.05, 3.63) is 60.7 Å². The van der Waals surface area contributed by atoms with Gasteiger partial charge in [-0.2, -0.15) is 0 Å². The fourth-order valence-electron chi connectivity index (χ4n) is 1.89. The van der Waals surface area contributed by atoms with Gasteiger partial charge in [0.15, 0.2) is 11.4 Å². The van der Waals surface area contributed by atoms with E-state index in [1.165, 1.54) is 11.4 Å². The largest absolute Gasteiger partial charge is 0.161 e. The highest BCUT2D eigenvalue weighted by Gasteiger charge is 2.33. The van der Waals surface area contributed by atoms with Crippen molar-refractivity contribution in [2.75, 3.05) is 12.5 Å². The van der Waals surface area contributed by atoms with E-state index in [1.54, 1.807) is 0 Å². The number of quaternary nitrogens is 1. The van der Waals surface area contributed by atoms with Gasteiger partial charge in [0, 0.05) is 36.8 Å². The van der Waals surface area contributed by atoms with Gasteiger partial charge in [-0.1, -0.05) is 36.4 Å². The van der Waals surface area contributed by atoms with Crippen LogP contribution in [0.1, 0.15) is 0 Å². The third kappa shape index (κ3) is 2.37. The molecule has 2 aromatic carbocycles. The van der Waals surface area contributed by atoms with Crippen LogP contribution in [0.5, 0.6) is 0 Å². The van der Waals surface area contributed by atoms with Crippen LogP contribution in [-0.2, 0) is 0 Å². The lowest BCUT2D eigenvalue weighted by molar-refractivity contribution is 0.979. The summed E-state index contributed by atoms with van der Waals surface area (Å²) in [6, 6.07) is 21.2. The first-order valence-electron chi connectivity index (χ1n) is 5.45. The van der Waals surface area contributed by atoms with Crippen LogP contribution in [0, 0.1) is 0 Å². The lowest BCUT2D eigenvalue weighted by Crippen LogP contribution is -2.26. The Morgan fingerprint density at radius 3 is 1.29 bits per heavy atom. The first kappa shape index (κ1) is 12.6. The van der Waals surface area contributed by atoms with Crippen LogP contribution < -0.4 is 3.29 Å². The zero-order chi connectivity index (χ0) is 12.1. The third-order valence-electron chi connectivity index (χ3n) is 2.71. The molecule has 0 aliphatic carbocycles. The molecular formula is C14H16NS2+. The zero-order valence-electron chi connectivity index (χ0n) is 10.0. The Morgan fingerprint density at radius 1 is 0.647 bits per heavy atom. The Kier molecular flexibility index (Phi) is 4.15. The summed E-state index contributed by atoms with van der Waals surface area (Å²) in [6.07, 6.45) is 4.30. The van der Waals surface area contributed by atoms with Crippen molar-refractivity contribution >= 4 is 35.3 Å². The number of nitrogens with zero attached hydrogens (tertiary/aromatic N) is 1. The molecule has 0 N–H and O–H groups in total. The van der Waals surface area contributed by atoms with Gasteiger partial charge in [0.05, 0.1) is 23.9 Å². The van der Waals surface area contributed by atoms with E-state index in [1.807, 2.05) is 23.9 Å². The highest BCUT2D eigenvalue weighted by molar-refractivity contribution is 8.14. The van der Waals surface area contributed by atoms with Gasteiger partial charge in [-0.25, -0.2) is 0 Å². The van der Waals surface area contributed by atoms with Gasteiger partial charge in [0.2, 0.25) is 0 Å². The SMILES string of the molecule is CS[N+](SC)(c1ccccc1)c1ccccc1. The zero-order valence-corrected chi connectivity index (χ0v) is 11.7. The van der Waals surface area contributed by atoms with Crippen LogP contribution in [0.3, 0.4) is 0 Å². The average Bonchev–Trinajstić information content (AvgIpc) is 2.43. The Labute approximate surface area is 112 Å². The molecule has 2 aromatic rings. The van der Waals surface area contributed by atoms with Crippen molar-refractivity contribution in [1.82, 2.24) is 3.29 Å². The molecule has 0 aliphatic rings. The van der Waals surface area contributed by atoms with E-state index < -0.39 is 0 Å². The molecule has 0 bridgehead atoms. The fraction of sp³-hybridized carbons (Fsp3) is 0.143. The van der Waals surface area contributed by atoms with E-state index in [9.17, 15) is 0 Å². The number of benzene rings is 2. The van der Waals surface area contributed by atoms with Crippen molar-refractivity contribution in [3.8, 4) is 0 Å². The molecule has 1 nitrogen and oxygen atoms in total. The highest BCUT2D eigenvalue weighted by atomic mass is 32.2. The highest BCUT2D eigenvalue weighted by Crippen LogP contribution is 2.46. The molecule has 0 heterocycles. The maximum Gasteiger partial charge on any atom is 0.161 e. The summed E-state index contributed by atoms with van der Waals surface area (Å²) in [7, 11) is 0. The molecule has 0 spiro atoms. The van der Waals surface area contributed by atoms with Crippen molar-refractivity contribution in [2.24, 2.45) is 0 Å². The van der Waals surface area contributed by atoms with E-state index in [0.29, 0.717) is 0 Å². The van der Waals surface area contributed by atoms with Crippen molar-refractivity contribution in [1.29, 1.82) is 0 Å². The summed E-state index contributed by atoms with van der Waals surface area (Å²) in [5, 5.41) is 0. The average molecular weight is 262 g/mol. The molecule has 0 amide bonds. The first-order valence-corrected chi connectivity index (χ1v) is 7.81. The lowest BCUT2D eigenvalue weighted by Gasteiger charge is -2.30. The Bertz CT molecular complexity index is 411. The second-order valence-electron chi connectivity index (χ2n) is 3.59. The summed E-state index contributed by atoms with van der Waals surface area (Å²) < 4.78 is 0.752. The maximum absolute atomic E-state index is 2.18. The predicted molar refractivity (Wildman–Crippen MR) is 81.4 cm³/mol. The standard InChI is InChI=1S/C14H16NS2/c1-16-15(17-2,13-9-5-3-6-10-13)14-11-7-4-8-12-14/h3-12H,1-2H3/q+1.